The van der Waals surface area contributed by atoms with E-state index in [0.717, 1.165) is 28.5 Å². The number of carbonyl (C=O) groups is 2. The van der Waals surface area contributed by atoms with Gasteiger partial charge in [0.25, 0.3) is 5.91 Å². The summed E-state index contributed by atoms with van der Waals surface area (Å²) in [4.78, 5) is 46.2. The molecule has 0 saturated carbocycles. The monoisotopic (exact) mass is 541 g/mol. The molecule has 3 aromatic rings. The van der Waals surface area contributed by atoms with Gasteiger partial charge in [0.2, 0.25) is 0 Å². The van der Waals surface area contributed by atoms with Crippen molar-refractivity contribution in [1.82, 2.24) is 24.8 Å². The fraction of sp³-hybridized carbons (Fsp3) is 0.480. The van der Waals surface area contributed by atoms with Gasteiger partial charge in [0, 0.05) is 43.6 Å². The number of aromatic nitrogens is 3. The van der Waals surface area contributed by atoms with E-state index in [1.807, 2.05) is 4.90 Å². The van der Waals surface area contributed by atoms with Gasteiger partial charge in [-0.05, 0) is 50.2 Å². The lowest BCUT2D eigenvalue weighted by Crippen LogP contribution is -2.48. The molecule has 2 aliphatic rings. The summed E-state index contributed by atoms with van der Waals surface area (Å²) in [7, 11) is 0. The van der Waals surface area contributed by atoms with Crippen molar-refractivity contribution in [2.75, 3.05) is 49.5 Å². The van der Waals surface area contributed by atoms with Gasteiger partial charge in [-0.25, -0.2) is 15.0 Å². The van der Waals surface area contributed by atoms with Crippen LogP contribution in [0.3, 0.4) is 0 Å². The Morgan fingerprint density at radius 3 is 2.59 bits per heavy atom. The van der Waals surface area contributed by atoms with Crippen molar-refractivity contribution >= 4 is 45.5 Å². The van der Waals surface area contributed by atoms with Crippen LogP contribution in [0.5, 0.6) is 0 Å². The maximum absolute atomic E-state index is 13.0. The topological polar surface area (TPSA) is 115 Å². The summed E-state index contributed by atoms with van der Waals surface area (Å²) in [6.07, 6.45) is 5.51. The Labute approximate surface area is 224 Å². The highest BCUT2D eigenvalue weighted by Crippen LogP contribution is 2.36. The van der Waals surface area contributed by atoms with E-state index in [4.69, 9.17) is 10.1 Å². The Hall–Kier alpha value is -2.93. The van der Waals surface area contributed by atoms with Crippen molar-refractivity contribution in [2.45, 2.75) is 39.3 Å². The second kappa shape index (κ2) is 11.2. The number of nitrogens with one attached hydrogen (secondary N) is 1. The Morgan fingerprint density at radius 1 is 1.16 bits per heavy atom. The first-order valence-electron chi connectivity index (χ1n) is 12.5. The molecule has 1 unspecified atom stereocenters. The smallest absolute Gasteiger partial charge is 0.317 e. The van der Waals surface area contributed by atoms with Gasteiger partial charge in [-0.2, -0.15) is 0 Å². The molecular formula is C25H31N7O3S2. The number of nitrogens with zero attached hydrogens (tertiary/aromatic N) is 6. The number of hydrogen-bond donors (Lipinski definition) is 2. The van der Waals surface area contributed by atoms with Crippen LogP contribution in [0.2, 0.25) is 0 Å². The largest absolute Gasteiger partial charge is 0.480 e. The van der Waals surface area contributed by atoms with Crippen LogP contribution in [-0.4, -0.2) is 87.0 Å². The molecule has 1 atom stereocenters. The SMILES string of the molecule is Cc1csc(-c2nc(NC(=O)c3cnc(N4CCN(CC(=O)O)CC4)cn3)sc2CN2CCCC2C)c1. The van der Waals surface area contributed by atoms with E-state index in [2.05, 4.69) is 50.4 Å². The maximum atomic E-state index is 13.0. The lowest BCUT2D eigenvalue weighted by atomic mass is 10.2. The molecule has 10 nitrogen and oxygen atoms in total. The first kappa shape index (κ1) is 25.7. The summed E-state index contributed by atoms with van der Waals surface area (Å²) in [5, 5.41) is 14.6. The third-order valence-electron chi connectivity index (χ3n) is 6.85. The number of hydrogen-bond acceptors (Lipinski definition) is 10. The van der Waals surface area contributed by atoms with Crippen LogP contribution in [0.4, 0.5) is 10.9 Å². The van der Waals surface area contributed by atoms with Crippen LogP contribution in [0, 0.1) is 6.92 Å². The molecule has 0 radical (unpaired) electrons. The average molecular weight is 542 g/mol. The summed E-state index contributed by atoms with van der Waals surface area (Å²) >= 11 is 3.20. The molecule has 5 heterocycles. The molecule has 2 N–H and O–H groups in total. The lowest BCUT2D eigenvalue weighted by molar-refractivity contribution is -0.138. The standard InChI is InChI=1S/C25H31N7O3S2/c1-16-10-19(36-15-16)23-20(13-32-5-3-4-17(32)2)37-25(28-23)29-24(35)18-11-27-21(12-26-18)31-8-6-30(7-9-31)14-22(33)34/h10-12,15,17H,3-9,13-14H2,1-2H3,(H,33,34)(H,28,29,35). The van der Waals surface area contributed by atoms with Gasteiger partial charge in [0.1, 0.15) is 11.5 Å². The molecule has 2 saturated heterocycles. The molecule has 5 rings (SSSR count). The molecule has 0 bridgehead atoms. The summed E-state index contributed by atoms with van der Waals surface area (Å²) in [6.45, 7) is 8.92. The van der Waals surface area contributed by atoms with Crippen LogP contribution in [0.25, 0.3) is 10.6 Å². The molecule has 0 spiro atoms. The minimum absolute atomic E-state index is 0.0436. The molecule has 196 valence electrons. The van der Waals surface area contributed by atoms with E-state index >= 15 is 0 Å². The Kier molecular flexibility index (Phi) is 7.79. The van der Waals surface area contributed by atoms with Crippen LogP contribution in [0.15, 0.2) is 23.8 Å². The predicted octanol–water partition coefficient (Wildman–Crippen LogP) is 3.41. The number of rotatable bonds is 8. The van der Waals surface area contributed by atoms with Crippen LogP contribution >= 0.6 is 22.7 Å². The number of amides is 1. The number of carbonyl (C=O) groups excluding carboxylic acids is 1. The van der Waals surface area contributed by atoms with E-state index in [-0.39, 0.29) is 18.1 Å². The number of likely N-dealkylation sites (tertiary alicyclic amines) is 1. The minimum atomic E-state index is -0.820. The van der Waals surface area contributed by atoms with E-state index in [1.54, 1.807) is 17.5 Å². The maximum Gasteiger partial charge on any atom is 0.317 e. The van der Waals surface area contributed by atoms with Crippen LogP contribution < -0.4 is 10.2 Å². The minimum Gasteiger partial charge on any atom is -0.480 e. The number of aryl methyl sites for hydroxylation is 1. The number of thiophene rings is 1. The fourth-order valence-electron chi connectivity index (χ4n) is 4.76. The first-order valence-corrected chi connectivity index (χ1v) is 14.2. The van der Waals surface area contributed by atoms with E-state index in [9.17, 15) is 9.59 Å². The Bertz CT molecular complexity index is 1250. The predicted molar refractivity (Wildman–Crippen MR) is 146 cm³/mol. The van der Waals surface area contributed by atoms with Crippen LogP contribution in [0.1, 0.15) is 40.7 Å². The first-order chi connectivity index (χ1) is 17.9. The van der Waals surface area contributed by atoms with Gasteiger partial charge < -0.3 is 10.0 Å². The zero-order valence-electron chi connectivity index (χ0n) is 21.0. The van der Waals surface area contributed by atoms with Gasteiger partial charge in [0.15, 0.2) is 5.13 Å². The molecule has 0 aliphatic carbocycles. The third kappa shape index (κ3) is 6.15. The van der Waals surface area contributed by atoms with Crippen molar-refractivity contribution in [1.29, 1.82) is 0 Å². The summed E-state index contributed by atoms with van der Waals surface area (Å²) in [5.41, 5.74) is 2.38. The lowest BCUT2D eigenvalue weighted by Gasteiger charge is -2.34. The Morgan fingerprint density at radius 2 is 1.97 bits per heavy atom. The van der Waals surface area contributed by atoms with Crippen molar-refractivity contribution in [3.63, 3.8) is 0 Å². The molecule has 1 amide bonds. The van der Waals surface area contributed by atoms with E-state index < -0.39 is 5.97 Å². The summed E-state index contributed by atoms with van der Waals surface area (Å²) in [5.74, 6) is -0.480. The van der Waals surface area contributed by atoms with Crippen LogP contribution in [-0.2, 0) is 11.3 Å². The van der Waals surface area contributed by atoms with Gasteiger partial charge in [-0.1, -0.05) is 11.3 Å². The zero-order chi connectivity index (χ0) is 25.9. The highest BCUT2D eigenvalue weighted by atomic mass is 32.1. The van der Waals surface area contributed by atoms with Gasteiger partial charge >= 0.3 is 5.97 Å². The molecular weight excluding hydrogens is 510 g/mol. The number of piperazine rings is 1. The van der Waals surface area contributed by atoms with Gasteiger partial charge in [0.05, 0.1) is 29.5 Å². The third-order valence-corrected chi connectivity index (χ3v) is 8.86. The number of thiazole rings is 1. The molecule has 2 fully saturated rings. The molecule has 12 heteroatoms. The van der Waals surface area contributed by atoms with Crippen molar-refractivity contribution in [3.05, 3.63) is 40.0 Å². The van der Waals surface area contributed by atoms with E-state index in [1.165, 1.54) is 35.9 Å². The van der Waals surface area contributed by atoms with Gasteiger partial charge in [-0.3, -0.25) is 24.7 Å². The second-order valence-electron chi connectivity index (χ2n) is 9.61. The molecule has 37 heavy (non-hydrogen) atoms. The second-order valence-corrected chi connectivity index (χ2v) is 11.6. The average Bonchev–Trinajstić information content (AvgIpc) is 3.60. The molecule has 2 aliphatic heterocycles. The normalized spacial score (nSPS) is 18.9. The van der Waals surface area contributed by atoms with Crippen molar-refractivity contribution in [2.24, 2.45) is 0 Å². The highest BCUT2D eigenvalue weighted by Gasteiger charge is 2.25. The fourth-order valence-corrected chi connectivity index (χ4v) is 6.74. The van der Waals surface area contributed by atoms with Gasteiger partial charge in [-0.15, -0.1) is 11.3 Å². The quantitative estimate of drug-likeness (QED) is 0.443. The number of carboxylic acid groups (broad SMARTS) is 1. The zero-order valence-corrected chi connectivity index (χ0v) is 22.6. The van der Waals surface area contributed by atoms with E-state index in [0.29, 0.717) is 43.2 Å². The highest BCUT2D eigenvalue weighted by molar-refractivity contribution is 7.17. The Balaban J connectivity index is 1.26. The molecule has 0 aromatic carbocycles. The van der Waals surface area contributed by atoms with Crippen molar-refractivity contribution < 1.29 is 14.7 Å². The summed E-state index contributed by atoms with van der Waals surface area (Å²) in [6, 6.07) is 2.69. The molecule has 3 aromatic heterocycles. The summed E-state index contributed by atoms with van der Waals surface area (Å²) < 4.78 is 0. The number of anilines is 2. The number of aliphatic carboxylic acids is 1. The van der Waals surface area contributed by atoms with Crippen molar-refractivity contribution in [3.8, 4) is 10.6 Å². The number of carboxylic acids is 1.